The Morgan fingerprint density at radius 2 is 2.25 bits per heavy atom. The molecule has 0 atom stereocenters. The second-order valence-corrected chi connectivity index (χ2v) is 7.22. The molecule has 0 bridgehead atoms. The molecule has 2 N–H and O–H groups in total. The number of hydrogen-bond acceptors (Lipinski definition) is 5. The van der Waals surface area contributed by atoms with Crippen LogP contribution in [0.5, 0.6) is 0 Å². The third-order valence-corrected chi connectivity index (χ3v) is 5.05. The Kier molecular flexibility index (Phi) is 5.77. The van der Waals surface area contributed by atoms with Gasteiger partial charge >= 0.3 is 6.03 Å². The van der Waals surface area contributed by atoms with Crippen molar-refractivity contribution in [3.8, 4) is 0 Å². The number of pyridine rings is 1. The molecule has 0 radical (unpaired) electrons. The summed E-state index contributed by atoms with van der Waals surface area (Å²) in [5.41, 5.74) is 1.88. The molecule has 1 saturated heterocycles. The highest BCUT2D eigenvalue weighted by atomic mass is 32.1. The van der Waals surface area contributed by atoms with Crippen molar-refractivity contribution < 1.29 is 4.79 Å². The number of piperidine rings is 1. The van der Waals surface area contributed by atoms with Gasteiger partial charge in [0, 0.05) is 24.7 Å². The second-order valence-electron chi connectivity index (χ2n) is 6.15. The quantitative estimate of drug-likeness (QED) is 0.874. The normalized spacial score (nSPS) is 16.0. The van der Waals surface area contributed by atoms with Crippen molar-refractivity contribution in [3.63, 3.8) is 0 Å². The van der Waals surface area contributed by atoms with E-state index in [1.807, 2.05) is 13.0 Å². The van der Waals surface area contributed by atoms with Crippen LogP contribution in [0.25, 0.3) is 0 Å². The number of carbonyl (C=O) groups is 1. The van der Waals surface area contributed by atoms with Gasteiger partial charge in [-0.05, 0) is 50.9 Å². The fraction of sp³-hybridized carbons (Fsp3) is 0.471. The highest BCUT2D eigenvalue weighted by Gasteiger charge is 2.20. The summed E-state index contributed by atoms with van der Waals surface area (Å²) < 4.78 is 0. The SMILES string of the molecule is Cc1nc(CN2CCC(CNC(=O)Nc3cccnc3)CC2)cs1. The molecular weight excluding hydrogens is 322 g/mol. The Balaban J connectivity index is 1.35. The fourth-order valence-corrected chi connectivity index (χ4v) is 3.51. The largest absolute Gasteiger partial charge is 0.338 e. The van der Waals surface area contributed by atoms with Crippen molar-refractivity contribution >= 4 is 23.1 Å². The molecule has 0 aromatic carbocycles. The van der Waals surface area contributed by atoms with E-state index >= 15 is 0 Å². The summed E-state index contributed by atoms with van der Waals surface area (Å²) in [6.07, 6.45) is 5.54. The maximum atomic E-state index is 11.9. The highest BCUT2D eigenvalue weighted by molar-refractivity contribution is 7.09. The summed E-state index contributed by atoms with van der Waals surface area (Å²) in [5.74, 6) is 0.540. The Bertz CT molecular complexity index is 652. The molecule has 3 heterocycles. The first kappa shape index (κ1) is 16.9. The van der Waals surface area contributed by atoms with Crippen LogP contribution in [0.15, 0.2) is 29.9 Å². The van der Waals surface area contributed by atoms with E-state index in [4.69, 9.17) is 0 Å². The molecule has 2 aromatic heterocycles. The van der Waals surface area contributed by atoms with E-state index in [2.05, 4.69) is 30.9 Å². The van der Waals surface area contributed by atoms with Gasteiger partial charge < -0.3 is 10.6 Å². The molecule has 2 amide bonds. The van der Waals surface area contributed by atoms with Gasteiger partial charge in [-0.15, -0.1) is 11.3 Å². The minimum atomic E-state index is -0.164. The number of aryl methyl sites for hydroxylation is 1. The van der Waals surface area contributed by atoms with Crippen molar-refractivity contribution in [1.29, 1.82) is 0 Å². The highest BCUT2D eigenvalue weighted by Crippen LogP contribution is 2.19. The molecule has 2 aromatic rings. The third kappa shape index (κ3) is 5.01. The molecule has 1 aliphatic rings. The van der Waals surface area contributed by atoms with E-state index < -0.39 is 0 Å². The minimum absolute atomic E-state index is 0.164. The van der Waals surface area contributed by atoms with Crippen LogP contribution in [0, 0.1) is 12.8 Å². The number of aromatic nitrogens is 2. The van der Waals surface area contributed by atoms with Crippen molar-refractivity contribution in [2.24, 2.45) is 5.92 Å². The molecule has 0 saturated carbocycles. The van der Waals surface area contributed by atoms with Gasteiger partial charge in [-0.25, -0.2) is 9.78 Å². The van der Waals surface area contributed by atoms with Crippen LogP contribution < -0.4 is 10.6 Å². The Morgan fingerprint density at radius 1 is 1.42 bits per heavy atom. The van der Waals surface area contributed by atoms with Crippen molar-refractivity contribution in [2.75, 3.05) is 25.0 Å². The Hall–Kier alpha value is -1.99. The third-order valence-electron chi connectivity index (χ3n) is 4.23. The summed E-state index contributed by atoms with van der Waals surface area (Å²) in [6.45, 7) is 5.82. The number of hydrogen-bond donors (Lipinski definition) is 2. The molecule has 128 valence electrons. The number of nitrogens with one attached hydrogen (secondary N) is 2. The molecule has 1 aliphatic heterocycles. The number of amides is 2. The maximum Gasteiger partial charge on any atom is 0.319 e. The van der Waals surface area contributed by atoms with E-state index in [9.17, 15) is 4.79 Å². The monoisotopic (exact) mass is 345 g/mol. The first-order valence-corrected chi connectivity index (χ1v) is 9.15. The maximum absolute atomic E-state index is 11.9. The average Bonchev–Trinajstić information content (AvgIpc) is 3.00. The van der Waals surface area contributed by atoms with Crippen LogP contribution in [0.1, 0.15) is 23.5 Å². The number of urea groups is 1. The molecule has 6 nitrogen and oxygen atoms in total. The molecule has 1 fully saturated rings. The summed E-state index contributed by atoms with van der Waals surface area (Å²) in [5, 5.41) is 9.03. The van der Waals surface area contributed by atoms with Gasteiger partial charge in [0.25, 0.3) is 0 Å². The minimum Gasteiger partial charge on any atom is -0.338 e. The standard InChI is InChI=1S/C17H23N5OS/c1-13-20-16(12-24-13)11-22-7-4-14(5-8-22)9-19-17(23)21-15-3-2-6-18-10-15/h2-3,6,10,12,14H,4-5,7-9,11H2,1H3,(H2,19,21,23). The van der Waals surface area contributed by atoms with Crippen LogP contribution >= 0.6 is 11.3 Å². The molecule has 7 heteroatoms. The van der Waals surface area contributed by atoms with E-state index in [0.717, 1.165) is 44.0 Å². The first-order valence-electron chi connectivity index (χ1n) is 8.27. The number of likely N-dealkylation sites (tertiary alicyclic amines) is 1. The van der Waals surface area contributed by atoms with Crippen LogP contribution in [0.3, 0.4) is 0 Å². The average molecular weight is 345 g/mol. The molecule has 24 heavy (non-hydrogen) atoms. The number of nitrogens with zero attached hydrogens (tertiary/aromatic N) is 3. The number of carbonyl (C=O) groups excluding carboxylic acids is 1. The lowest BCUT2D eigenvalue weighted by Crippen LogP contribution is -2.39. The molecule has 0 unspecified atom stereocenters. The predicted molar refractivity (Wildman–Crippen MR) is 96.1 cm³/mol. The van der Waals surface area contributed by atoms with E-state index in [-0.39, 0.29) is 6.03 Å². The lowest BCUT2D eigenvalue weighted by molar-refractivity contribution is 0.174. The van der Waals surface area contributed by atoms with Gasteiger partial charge in [0.15, 0.2) is 0 Å². The van der Waals surface area contributed by atoms with Crippen LogP contribution in [0.4, 0.5) is 10.5 Å². The molecule has 0 spiro atoms. The molecular formula is C17H23N5OS. The Morgan fingerprint density at radius 3 is 2.92 bits per heavy atom. The lowest BCUT2D eigenvalue weighted by atomic mass is 9.97. The zero-order valence-corrected chi connectivity index (χ0v) is 14.7. The van der Waals surface area contributed by atoms with Crippen LogP contribution in [-0.2, 0) is 6.54 Å². The zero-order chi connectivity index (χ0) is 16.8. The topological polar surface area (TPSA) is 70.2 Å². The van der Waals surface area contributed by atoms with E-state index in [1.54, 1.807) is 29.8 Å². The number of rotatable bonds is 5. The van der Waals surface area contributed by atoms with E-state index in [0.29, 0.717) is 11.6 Å². The van der Waals surface area contributed by atoms with Gasteiger partial charge in [0.05, 0.1) is 22.6 Å². The zero-order valence-electron chi connectivity index (χ0n) is 13.9. The molecule has 0 aliphatic carbocycles. The van der Waals surface area contributed by atoms with Gasteiger partial charge in [0.1, 0.15) is 0 Å². The summed E-state index contributed by atoms with van der Waals surface area (Å²) >= 11 is 1.71. The second kappa shape index (κ2) is 8.21. The first-order chi connectivity index (χ1) is 11.7. The van der Waals surface area contributed by atoms with Gasteiger partial charge in [0.2, 0.25) is 0 Å². The smallest absolute Gasteiger partial charge is 0.319 e. The summed E-state index contributed by atoms with van der Waals surface area (Å²) in [4.78, 5) is 22.8. The van der Waals surface area contributed by atoms with Gasteiger partial charge in [-0.2, -0.15) is 0 Å². The van der Waals surface area contributed by atoms with Crippen molar-refractivity contribution in [2.45, 2.75) is 26.3 Å². The Labute approximate surface area is 146 Å². The van der Waals surface area contributed by atoms with Crippen molar-refractivity contribution in [3.05, 3.63) is 40.6 Å². The van der Waals surface area contributed by atoms with E-state index in [1.165, 1.54) is 5.69 Å². The van der Waals surface area contributed by atoms with Crippen LogP contribution in [0.2, 0.25) is 0 Å². The predicted octanol–water partition coefficient (Wildman–Crippen LogP) is 2.88. The van der Waals surface area contributed by atoms with Crippen molar-refractivity contribution in [1.82, 2.24) is 20.2 Å². The lowest BCUT2D eigenvalue weighted by Gasteiger charge is -2.31. The fourth-order valence-electron chi connectivity index (χ4n) is 2.91. The van der Waals surface area contributed by atoms with Gasteiger partial charge in [-0.3, -0.25) is 9.88 Å². The van der Waals surface area contributed by atoms with Gasteiger partial charge in [-0.1, -0.05) is 0 Å². The molecule has 3 rings (SSSR count). The summed E-state index contributed by atoms with van der Waals surface area (Å²) in [6, 6.07) is 3.46. The number of thiazole rings is 1. The number of anilines is 1. The summed E-state index contributed by atoms with van der Waals surface area (Å²) in [7, 11) is 0. The van der Waals surface area contributed by atoms with Crippen LogP contribution in [-0.4, -0.2) is 40.5 Å².